The molecule has 2 aliphatic carbocycles. The van der Waals surface area contributed by atoms with Crippen molar-refractivity contribution in [2.24, 2.45) is 11.3 Å². The van der Waals surface area contributed by atoms with Gasteiger partial charge in [-0.15, -0.1) is 0 Å². The number of benzene rings is 1. The topological polar surface area (TPSA) is 58.2 Å². The first-order chi connectivity index (χ1) is 13.2. The SMILES string of the molecule is CC(=O)N[C@@H]1C=C[C@@H](C(=O)N[C@H](c2c(F)ccc(Cl)c2Cl)C2(C)CCCC2)C1. The van der Waals surface area contributed by atoms with E-state index in [9.17, 15) is 14.0 Å². The predicted molar refractivity (Wildman–Crippen MR) is 109 cm³/mol. The molecule has 2 aliphatic rings. The second-order valence-electron chi connectivity index (χ2n) is 8.09. The molecule has 7 heteroatoms. The molecule has 3 atom stereocenters. The summed E-state index contributed by atoms with van der Waals surface area (Å²) in [4.78, 5) is 24.2. The minimum Gasteiger partial charge on any atom is -0.350 e. The van der Waals surface area contributed by atoms with Crippen LogP contribution in [0.4, 0.5) is 4.39 Å². The van der Waals surface area contributed by atoms with Crippen LogP contribution in [-0.2, 0) is 9.59 Å². The molecule has 0 heterocycles. The molecule has 0 aromatic heterocycles. The lowest BCUT2D eigenvalue weighted by atomic mass is 9.76. The molecule has 0 radical (unpaired) electrons. The van der Waals surface area contributed by atoms with E-state index in [-0.39, 0.29) is 44.8 Å². The minimum absolute atomic E-state index is 0.139. The molecule has 28 heavy (non-hydrogen) atoms. The first-order valence-corrected chi connectivity index (χ1v) is 10.4. The Morgan fingerprint density at radius 1 is 1.21 bits per heavy atom. The van der Waals surface area contributed by atoms with Gasteiger partial charge in [0, 0.05) is 18.5 Å². The van der Waals surface area contributed by atoms with Crippen LogP contribution in [0.1, 0.15) is 57.6 Å². The van der Waals surface area contributed by atoms with Crippen LogP contribution < -0.4 is 10.6 Å². The van der Waals surface area contributed by atoms with Crippen molar-refractivity contribution in [2.75, 3.05) is 0 Å². The molecule has 0 bridgehead atoms. The van der Waals surface area contributed by atoms with E-state index in [1.54, 1.807) is 6.08 Å². The van der Waals surface area contributed by atoms with Gasteiger partial charge in [-0.1, -0.05) is 55.1 Å². The zero-order valence-corrected chi connectivity index (χ0v) is 17.5. The Morgan fingerprint density at radius 3 is 2.54 bits per heavy atom. The van der Waals surface area contributed by atoms with Gasteiger partial charge in [0.25, 0.3) is 0 Å². The van der Waals surface area contributed by atoms with Crippen molar-refractivity contribution in [2.45, 2.75) is 58.0 Å². The van der Waals surface area contributed by atoms with Gasteiger partial charge in [0.05, 0.1) is 22.0 Å². The second-order valence-corrected chi connectivity index (χ2v) is 8.88. The summed E-state index contributed by atoms with van der Waals surface area (Å²) < 4.78 is 14.8. The highest BCUT2D eigenvalue weighted by Crippen LogP contribution is 2.50. The second kappa shape index (κ2) is 8.42. The molecule has 0 aliphatic heterocycles. The molecule has 1 saturated carbocycles. The van der Waals surface area contributed by atoms with Crippen LogP contribution in [0.5, 0.6) is 0 Å². The Hall–Kier alpha value is -1.59. The Labute approximate surface area is 174 Å². The van der Waals surface area contributed by atoms with Crippen LogP contribution in [0.15, 0.2) is 24.3 Å². The van der Waals surface area contributed by atoms with E-state index in [0.717, 1.165) is 25.7 Å². The molecule has 2 amide bonds. The quantitative estimate of drug-likeness (QED) is 0.516. The van der Waals surface area contributed by atoms with Gasteiger partial charge in [0.1, 0.15) is 5.82 Å². The fourth-order valence-electron chi connectivity index (χ4n) is 4.38. The summed E-state index contributed by atoms with van der Waals surface area (Å²) in [7, 11) is 0. The monoisotopic (exact) mass is 426 g/mol. The molecule has 4 nitrogen and oxygen atoms in total. The fraction of sp³-hybridized carbons (Fsp3) is 0.524. The highest BCUT2D eigenvalue weighted by Gasteiger charge is 2.42. The average molecular weight is 427 g/mol. The standard InChI is InChI=1S/C21H25Cl2FN2O2/c1-12(27)25-14-6-5-13(11-14)20(28)26-19(21(2)9-3-4-10-21)17-16(24)8-7-15(22)18(17)23/h5-8,13-14,19H,3-4,9-11H2,1-2H3,(H,25,27)(H,26,28)/t13-,14-,19-/m1/s1. The third kappa shape index (κ3) is 4.36. The van der Waals surface area contributed by atoms with E-state index in [2.05, 4.69) is 17.6 Å². The number of halogens is 3. The zero-order chi connectivity index (χ0) is 20.5. The molecule has 3 rings (SSSR count). The van der Waals surface area contributed by atoms with Crippen molar-refractivity contribution in [3.8, 4) is 0 Å². The van der Waals surface area contributed by atoms with Crippen LogP contribution in [-0.4, -0.2) is 17.9 Å². The third-order valence-electron chi connectivity index (χ3n) is 5.91. The van der Waals surface area contributed by atoms with Gasteiger partial charge in [0.2, 0.25) is 11.8 Å². The lowest BCUT2D eigenvalue weighted by molar-refractivity contribution is -0.126. The molecule has 0 saturated heterocycles. The first kappa shape index (κ1) is 21.1. The van der Waals surface area contributed by atoms with Crippen LogP contribution in [0.2, 0.25) is 10.0 Å². The highest BCUT2D eigenvalue weighted by atomic mass is 35.5. The van der Waals surface area contributed by atoms with Gasteiger partial charge in [-0.25, -0.2) is 4.39 Å². The molecule has 0 unspecified atom stereocenters. The summed E-state index contributed by atoms with van der Waals surface area (Å²) in [5.41, 5.74) is -0.0446. The number of carbonyl (C=O) groups excluding carboxylic acids is 2. The van der Waals surface area contributed by atoms with Gasteiger partial charge < -0.3 is 10.6 Å². The number of rotatable bonds is 5. The average Bonchev–Trinajstić information content (AvgIpc) is 3.27. The third-order valence-corrected chi connectivity index (χ3v) is 6.73. The number of nitrogens with one attached hydrogen (secondary N) is 2. The maximum Gasteiger partial charge on any atom is 0.227 e. The largest absolute Gasteiger partial charge is 0.350 e. The highest BCUT2D eigenvalue weighted by molar-refractivity contribution is 6.42. The molecular formula is C21H25Cl2FN2O2. The number of carbonyl (C=O) groups is 2. The summed E-state index contributed by atoms with van der Waals surface area (Å²) in [6.45, 7) is 3.51. The minimum atomic E-state index is -0.568. The van der Waals surface area contributed by atoms with Crippen LogP contribution in [0, 0.1) is 17.2 Å². The summed E-state index contributed by atoms with van der Waals surface area (Å²) in [6, 6.07) is 1.99. The molecule has 152 valence electrons. The summed E-state index contributed by atoms with van der Waals surface area (Å²) >= 11 is 12.5. The van der Waals surface area contributed by atoms with Gasteiger partial charge in [-0.2, -0.15) is 0 Å². The van der Waals surface area contributed by atoms with Crippen molar-refractivity contribution in [3.63, 3.8) is 0 Å². The molecule has 1 aromatic carbocycles. The number of hydrogen-bond acceptors (Lipinski definition) is 2. The maximum atomic E-state index is 14.8. The smallest absolute Gasteiger partial charge is 0.227 e. The Morgan fingerprint density at radius 2 is 1.89 bits per heavy atom. The van der Waals surface area contributed by atoms with E-state index in [4.69, 9.17) is 23.2 Å². The molecule has 1 aromatic rings. The van der Waals surface area contributed by atoms with E-state index in [1.165, 1.54) is 19.1 Å². The van der Waals surface area contributed by atoms with Crippen LogP contribution >= 0.6 is 23.2 Å². The van der Waals surface area contributed by atoms with Crippen LogP contribution in [0.3, 0.4) is 0 Å². The van der Waals surface area contributed by atoms with E-state index >= 15 is 0 Å². The summed E-state index contributed by atoms with van der Waals surface area (Å²) in [6.07, 6.45) is 7.89. The van der Waals surface area contributed by atoms with Crippen molar-refractivity contribution in [1.29, 1.82) is 0 Å². The van der Waals surface area contributed by atoms with E-state index in [1.807, 2.05) is 6.08 Å². The van der Waals surface area contributed by atoms with Crippen LogP contribution in [0.25, 0.3) is 0 Å². The maximum absolute atomic E-state index is 14.8. The van der Waals surface area contributed by atoms with Gasteiger partial charge in [-0.3, -0.25) is 9.59 Å². The first-order valence-electron chi connectivity index (χ1n) is 9.60. The summed E-state index contributed by atoms with van der Waals surface area (Å²) in [5.74, 6) is -1.19. The molecule has 0 spiro atoms. The van der Waals surface area contributed by atoms with Gasteiger partial charge in [0.15, 0.2) is 0 Å². The van der Waals surface area contributed by atoms with Crippen molar-refractivity contribution >= 4 is 35.0 Å². The van der Waals surface area contributed by atoms with Crippen molar-refractivity contribution in [1.82, 2.24) is 10.6 Å². The molecule has 2 N–H and O–H groups in total. The lowest BCUT2D eigenvalue weighted by Crippen LogP contribution is -2.42. The predicted octanol–water partition coefficient (Wildman–Crippen LogP) is 4.95. The zero-order valence-electron chi connectivity index (χ0n) is 16.0. The fourth-order valence-corrected chi connectivity index (χ4v) is 4.81. The van der Waals surface area contributed by atoms with Gasteiger partial charge >= 0.3 is 0 Å². The number of amides is 2. The van der Waals surface area contributed by atoms with Crippen molar-refractivity contribution in [3.05, 3.63) is 45.7 Å². The molecule has 1 fully saturated rings. The van der Waals surface area contributed by atoms with E-state index in [0.29, 0.717) is 6.42 Å². The Kier molecular flexibility index (Phi) is 6.35. The molecular weight excluding hydrogens is 402 g/mol. The van der Waals surface area contributed by atoms with Gasteiger partial charge in [-0.05, 0) is 36.8 Å². The Balaban J connectivity index is 1.86. The summed E-state index contributed by atoms with van der Waals surface area (Å²) in [5, 5.41) is 6.27. The Bertz CT molecular complexity index is 806. The van der Waals surface area contributed by atoms with E-state index < -0.39 is 11.9 Å². The lowest BCUT2D eigenvalue weighted by Gasteiger charge is -2.36. The van der Waals surface area contributed by atoms with Crippen molar-refractivity contribution < 1.29 is 14.0 Å². The number of hydrogen-bond donors (Lipinski definition) is 2. The normalized spacial score (nSPS) is 24.2.